The van der Waals surface area contributed by atoms with Crippen LogP contribution in [0.15, 0.2) is 0 Å². The van der Waals surface area contributed by atoms with Crippen LogP contribution in [0.1, 0.15) is 70.6 Å². The predicted octanol–water partition coefficient (Wildman–Crippen LogP) is 1.54. The number of carbonyl (C=O) groups is 4. The van der Waals surface area contributed by atoms with E-state index in [-0.39, 0.29) is 31.0 Å². The number of likely N-dealkylation sites (tertiary alicyclic amines) is 1. The van der Waals surface area contributed by atoms with E-state index in [0.717, 1.165) is 38.5 Å². The van der Waals surface area contributed by atoms with Gasteiger partial charge in [0.2, 0.25) is 12.3 Å². The Labute approximate surface area is 188 Å². The second-order valence-electron chi connectivity index (χ2n) is 9.43. The number of imide groups is 1. The third-order valence-electron chi connectivity index (χ3n) is 7.03. The molecular formula is C22H36N4O6. The summed E-state index contributed by atoms with van der Waals surface area (Å²) in [5.74, 6) is -1.02. The maximum Gasteiger partial charge on any atom is 0.414 e. The molecule has 4 N–H and O–H groups in total. The van der Waals surface area contributed by atoms with E-state index in [1.54, 1.807) is 0 Å². The van der Waals surface area contributed by atoms with Gasteiger partial charge in [0, 0.05) is 12.6 Å². The van der Waals surface area contributed by atoms with Crippen molar-refractivity contribution in [3.05, 3.63) is 0 Å². The van der Waals surface area contributed by atoms with Crippen molar-refractivity contribution in [2.45, 2.75) is 88.8 Å². The molecule has 2 atom stereocenters. The van der Waals surface area contributed by atoms with Crippen molar-refractivity contribution in [3.63, 3.8) is 0 Å². The van der Waals surface area contributed by atoms with Crippen LogP contribution in [0.25, 0.3) is 0 Å². The monoisotopic (exact) mass is 452 g/mol. The molecule has 1 heterocycles. The highest BCUT2D eigenvalue weighted by Crippen LogP contribution is 2.32. The Bertz CT molecular complexity index is 675. The molecule has 32 heavy (non-hydrogen) atoms. The Hall–Kier alpha value is -2.20. The van der Waals surface area contributed by atoms with Gasteiger partial charge in [-0.1, -0.05) is 25.7 Å². The van der Waals surface area contributed by atoms with Gasteiger partial charge >= 0.3 is 6.09 Å². The lowest BCUT2D eigenvalue weighted by atomic mass is 9.91. The minimum atomic E-state index is -0.792. The third kappa shape index (κ3) is 6.65. The second kappa shape index (κ2) is 11.6. The topological polar surface area (TPSA) is 142 Å². The van der Waals surface area contributed by atoms with E-state index < -0.39 is 24.0 Å². The molecule has 1 saturated heterocycles. The van der Waals surface area contributed by atoms with Crippen LogP contribution in [-0.2, 0) is 19.1 Å². The van der Waals surface area contributed by atoms with Crippen molar-refractivity contribution < 1.29 is 29.1 Å². The maximum atomic E-state index is 13.3. The fraction of sp³-hybridized carbons (Fsp3) is 0.818. The zero-order chi connectivity index (χ0) is 23.1. The molecule has 180 valence electrons. The number of alkyl carbamates (subject to hydrolysis) is 1. The quantitative estimate of drug-likeness (QED) is 0.288. The smallest absolute Gasteiger partial charge is 0.414 e. The molecule has 3 rings (SSSR count). The van der Waals surface area contributed by atoms with Gasteiger partial charge in [0.15, 0.2) is 0 Å². The molecule has 10 heteroatoms. The zero-order valence-electron chi connectivity index (χ0n) is 18.6. The van der Waals surface area contributed by atoms with E-state index >= 15 is 0 Å². The summed E-state index contributed by atoms with van der Waals surface area (Å²) in [5, 5.41) is 12.5. The van der Waals surface area contributed by atoms with Crippen molar-refractivity contribution in [2.75, 3.05) is 13.1 Å². The lowest BCUT2D eigenvalue weighted by Crippen LogP contribution is -2.51. The summed E-state index contributed by atoms with van der Waals surface area (Å²) in [6.45, 7) is 0.301. The van der Waals surface area contributed by atoms with Crippen LogP contribution >= 0.6 is 0 Å². The molecule has 3 fully saturated rings. The Morgan fingerprint density at radius 1 is 1.09 bits per heavy atom. The summed E-state index contributed by atoms with van der Waals surface area (Å²) in [6.07, 6.45) is 8.11. The Morgan fingerprint density at radius 2 is 1.78 bits per heavy atom. The van der Waals surface area contributed by atoms with E-state index in [4.69, 9.17) is 10.5 Å². The van der Waals surface area contributed by atoms with Gasteiger partial charge in [-0.3, -0.25) is 24.9 Å². The number of nitrogens with two attached hydrogens (primary N) is 1. The molecule has 0 spiro atoms. The zero-order valence-corrected chi connectivity index (χ0v) is 18.6. The number of hydrogen-bond donors (Lipinski definition) is 3. The van der Waals surface area contributed by atoms with E-state index in [1.165, 1.54) is 4.90 Å². The van der Waals surface area contributed by atoms with Crippen molar-refractivity contribution in [1.82, 2.24) is 15.3 Å². The largest absolute Gasteiger partial charge is 0.446 e. The van der Waals surface area contributed by atoms with Crippen LogP contribution < -0.4 is 11.1 Å². The van der Waals surface area contributed by atoms with Gasteiger partial charge in [0.25, 0.3) is 5.91 Å². The van der Waals surface area contributed by atoms with Gasteiger partial charge in [-0.05, 0) is 50.9 Å². The molecule has 0 aromatic carbocycles. The van der Waals surface area contributed by atoms with E-state index in [9.17, 15) is 24.4 Å². The molecule has 2 aliphatic carbocycles. The molecule has 2 saturated carbocycles. The standard InChI is InChI=1S/C22H36N4O6/c23-17-7-9-18(10-8-17)32-22(30)24-20(28)19-6-3-11-26(19)21(29)16(13-25(31)14-27)12-15-4-1-2-5-15/h14-19,31H,1-13,23H2,(H,24,28,30)/t16-,17?,18?,19+/m1/s1. The molecule has 4 amide bonds. The average Bonchev–Trinajstić information content (AvgIpc) is 3.46. The molecule has 3 aliphatic rings. The SMILES string of the molecule is NC1CCC(OC(=O)NC(=O)[C@@H]2CCCN2C(=O)[C@H](CC2CCCC2)CN(O)C=O)CC1. The number of nitrogens with one attached hydrogen (secondary N) is 1. The maximum absolute atomic E-state index is 13.3. The molecule has 10 nitrogen and oxygen atoms in total. The second-order valence-corrected chi connectivity index (χ2v) is 9.43. The van der Waals surface area contributed by atoms with Gasteiger partial charge in [-0.15, -0.1) is 0 Å². The average molecular weight is 453 g/mol. The van der Waals surface area contributed by atoms with E-state index in [0.29, 0.717) is 49.6 Å². The van der Waals surface area contributed by atoms with Gasteiger partial charge < -0.3 is 15.4 Å². The number of hydroxylamine groups is 2. The molecule has 0 aromatic heterocycles. The van der Waals surface area contributed by atoms with Crippen molar-refractivity contribution >= 4 is 24.3 Å². The van der Waals surface area contributed by atoms with Gasteiger partial charge in [-0.2, -0.15) is 0 Å². The number of hydrogen-bond acceptors (Lipinski definition) is 7. The lowest BCUT2D eigenvalue weighted by molar-refractivity contribution is -0.158. The molecule has 1 aliphatic heterocycles. The first-order chi connectivity index (χ1) is 15.4. The van der Waals surface area contributed by atoms with Gasteiger partial charge in [0.05, 0.1) is 12.5 Å². The number of rotatable bonds is 8. The predicted molar refractivity (Wildman–Crippen MR) is 114 cm³/mol. The summed E-state index contributed by atoms with van der Waals surface area (Å²) < 4.78 is 5.36. The minimum Gasteiger partial charge on any atom is -0.446 e. The van der Waals surface area contributed by atoms with Gasteiger partial charge in [0.1, 0.15) is 12.1 Å². The Balaban J connectivity index is 1.57. The fourth-order valence-electron chi connectivity index (χ4n) is 5.28. The van der Waals surface area contributed by atoms with Crippen molar-refractivity contribution in [1.29, 1.82) is 0 Å². The Kier molecular flexibility index (Phi) is 8.86. The molecule has 0 aromatic rings. The first-order valence-electron chi connectivity index (χ1n) is 11.9. The summed E-state index contributed by atoms with van der Waals surface area (Å²) in [5.41, 5.74) is 5.86. The molecule has 0 unspecified atom stereocenters. The summed E-state index contributed by atoms with van der Waals surface area (Å²) in [7, 11) is 0. The first-order valence-corrected chi connectivity index (χ1v) is 11.9. The minimum absolute atomic E-state index is 0.102. The van der Waals surface area contributed by atoms with Crippen LogP contribution in [0.3, 0.4) is 0 Å². The van der Waals surface area contributed by atoms with E-state index in [2.05, 4.69) is 5.32 Å². The summed E-state index contributed by atoms with van der Waals surface area (Å²) in [4.78, 5) is 50.7. The number of carbonyl (C=O) groups excluding carboxylic acids is 4. The third-order valence-corrected chi connectivity index (χ3v) is 7.03. The van der Waals surface area contributed by atoms with Crippen LogP contribution in [0.4, 0.5) is 4.79 Å². The van der Waals surface area contributed by atoms with Crippen LogP contribution in [0, 0.1) is 11.8 Å². The highest BCUT2D eigenvalue weighted by atomic mass is 16.6. The molecule has 0 radical (unpaired) electrons. The van der Waals surface area contributed by atoms with Crippen molar-refractivity contribution in [2.24, 2.45) is 17.6 Å². The first kappa shape index (κ1) is 24.4. The highest BCUT2D eigenvalue weighted by Gasteiger charge is 2.39. The highest BCUT2D eigenvalue weighted by molar-refractivity contribution is 5.97. The van der Waals surface area contributed by atoms with Crippen molar-refractivity contribution in [3.8, 4) is 0 Å². The molecular weight excluding hydrogens is 416 g/mol. The number of ether oxygens (including phenoxy) is 1. The van der Waals surface area contributed by atoms with Crippen LogP contribution in [-0.4, -0.2) is 70.8 Å². The van der Waals surface area contributed by atoms with E-state index in [1.807, 2.05) is 0 Å². The summed E-state index contributed by atoms with van der Waals surface area (Å²) in [6, 6.07) is -0.631. The lowest BCUT2D eigenvalue weighted by Gasteiger charge is -2.30. The molecule has 0 bridgehead atoms. The van der Waals surface area contributed by atoms with Crippen LogP contribution in [0.2, 0.25) is 0 Å². The number of amides is 4. The normalized spacial score (nSPS) is 27.1. The Morgan fingerprint density at radius 3 is 2.44 bits per heavy atom. The van der Waals surface area contributed by atoms with Gasteiger partial charge in [-0.25, -0.2) is 9.86 Å². The van der Waals surface area contributed by atoms with Crippen LogP contribution in [0.5, 0.6) is 0 Å². The number of nitrogens with zero attached hydrogens (tertiary/aromatic N) is 2. The summed E-state index contributed by atoms with van der Waals surface area (Å²) >= 11 is 0. The fourth-order valence-corrected chi connectivity index (χ4v) is 5.28.